The Morgan fingerprint density at radius 1 is 1.15 bits per heavy atom. The molecule has 0 spiro atoms. The lowest BCUT2D eigenvalue weighted by molar-refractivity contribution is -0.152. The molecule has 0 radical (unpaired) electrons. The van der Waals surface area contributed by atoms with Crippen molar-refractivity contribution in [1.82, 2.24) is 35.5 Å². The molecule has 0 aliphatic carbocycles. The molecule has 4 rings (SSSR count). The van der Waals surface area contributed by atoms with Crippen LogP contribution in [0.2, 0.25) is 5.15 Å². The van der Waals surface area contributed by atoms with Crippen molar-refractivity contribution in [2.75, 3.05) is 7.05 Å². The molecule has 2 atom stereocenters. The Balaban J connectivity index is 1.54. The summed E-state index contributed by atoms with van der Waals surface area (Å²) >= 11 is 6.62. The van der Waals surface area contributed by atoms with Gasteiger partial charge in [0.25, 0.3) is 0 Å². The van der Waals surface area contributed by atoms with Crippen molar-refractivity contribution in [2.24, 2.45) is 0 Å². The molecular weight excluding hydrogens is 546 g/mol. The second kappa shape index (κ2) is 14.0. The number of carbonyl (C=O) groups excluding carboxylic acids is 1. The van der Waals surface area contributed by atoms with Crippen LogP contribution in [0.1, 0.15) is 50.2 Å². The van der Waals surface area contributed by atoms with Gasteiger partial charge in [0.15, 0.2) is 5.15 Å². The Hall–Kier alpha value is -4.09. The third-order valence-corrected chi connectivity index (χ3v) is 7.11. The lowest BCUT2D eigenvalue weighted by atomic mass is 9.98. The van der Waals surface area contributed by atoms with Crippen LogP contribution in [0.5, 0.6) is 0 Å². The van der Waals surface area contributed by atoms with Crippen LogP contribution in [0.15, 0.2) is 48.5 Å². The Bertz CT molecular complexity index is 1450. The molecule has 2 unspecified atom stereocenters. The molecular formula is C29H34ClN7O4. The van der Waals surface area contributed by atoms with E-state index in [0.717, 1.165) is 53.0 Å². The van der Waals surface area contributed by atoms with Gasteiger partial charge < -0.3 is 19.7 Å². The van der Waals surface area contributed by atoms with Crippen molar-refractivity contribution in [2.45, 2.75) is 64.6 Å². The molecule has 4 aromatic rings. The van der Waals surface area contributed by atoms with Crippen LogP contribution in [0.4, 0.5) is 0 Å². The van der Waals surface area contributed by atoms with Crippen molar-refractivity contribution >= 4 is 23.5 Å². The minimum atomic E-state index is -1.11. The number of nitrogens with one attached hydrogen (secondary N) is 2. The second-order valence-corrected chi connectivity index (χ2v) is 10.2. The van der Waals surface area contributed by atoms with Crippen LogP contribution in [-0.4, -0.2) is 66.4 Å². The van der Waals surface area contributed by atoms with E-state index in [1.54, 1.807) is 6.92 Å². The average molecular weight is 580 g/mol. The number of aryl methyl sites for hydroxylation is 1. The number of aromatic nitrogens is 6. The van der Waals surface area contributed by atoms with Gasteiger partial charge in [0, 0.05) is 24.9 Å². The van der Waals surface area contributed by atoms with Gasteiger partial charge in [-0.05, 0) is 42.3 Å². The molecule has 2 aromatic carbocycles. The van der Waals surface area contributed by atoms with Crippen molar-refractivity contribution in [3.8, 4) is 22.5 Å². The SMILES string of the molecule is CCCCc1nc(Cl)c(CC(C)OC(=O)CC(NC)C(=O)O)n1Cc1ccc(-c2ccccc2-c2nn[nH]n2)cc1. The lowest BCUT2D eigenvalue weighted by Crippen LogP contribution is -2.37. The average Bonchev–Trinajstić information content (AvgIpc) is 3.60. The molecule has 2 heterocycles. The number of H-pyrrole nitrogens is 1. The van der Waals surface area contributed by atoms with Crippen molar-refractivity contribution < 1.29 is 19.4 Å². The van der Waals surface area contributed by atoms with Gasteiger partial charge in [0.05, 0.1) is 12.1 Å². The minimum Gasteiger partial charge on any atom is -0.480 e. The number of tetrazole rings is 1. The van der Waals surface area contributed by atoms with Gasteiger partial charge in [-0.3, -0.25) is 9.59 Å². The number of nitrogens with zero attached hydrogens (tertiary/aromatic N) is 5. The van der Waals surface area contributed by atoms with Crippen LogP contribution in [-0.2, 0) is 33.7 Å². The number of aliphatic carboxylic acids is 1. The smallest absolute Gasteiger partial charge is 0.321 e. The maximum atomic E-state index is 12.4. The number of esters is 1. The normalized spacial score (nSPS) is 12.7. The van der Waals surface area contributed by atoms with Gasteiger partial charge in [-0.1, -0.05) is 73.5 Å². The molecule has 12 heteroatoms. The predicted octanol–water partition coefficient (Wildman–Crippen LogP) is 4.31. The Morgan fingerprint density at radius 2 is 1.88 bits per heavy atom. The largest absolute Gasteiger partial charge is 0.480 e. The zero-order valence-corrected chi connectivity index (χ0v) is 24.1. The van der Waals surface area contributed by atoms with Gasteiger partial charge in [-0.15, -0.1) is 10.2 Å². The van der Waals surface area contributed by atoms with Gasteiger partial charge >= 0.3 is 11.9 Å². The van der Waals surface area contributed by atoms with E-state index < -0.39 is 24.1 Å². The van der Waals surface area contributed by atoms with E-state index in [4.69, 9.17) is 16.3 Å². The first-order chi connectivity index (χ1) is 19.8. The predicted molar refractivity (Wildman–Crippen MR) is 154 cm³/mol. The van der Waals surface area contributed by atoms with Gasteiger partial charge in [0.2, 0.25) is 5.82 Å². The molecule has 0 aliphatic heterocycles. The third kappa shape index (κ3) is 7.56. The number of benzene rings is 2. The van der Waals surface area contributed by atoms with E-state index in [1.807, 2.05) is 24.3 Å². The number of hydrogen-bond acceptors (Lipinski definition) is 8. The number of carbonyl (C=O) groups is 2. The van der Waals surface area contributed by atoms with Crippen molar-refractivity contribution in [1.29, 1.82) is 0 Å². The molecule has 0 fully saturated rings. The zero-order chi connectivity index (χ0) is 29.4. The maximum absolute atomic E-state index is 12.4. The summed E-state index contributed by atoms with van der Waals surface area (Å²) in [6, 6.07) is 15.1. The summed E-state index contributed by atoms with van der Waals surface area (Å²) in [6.07, 6.45) is 2.29. The summed E-state index contributed by atoms with van der Waals surface area (Å²) in [4.78, 5) is 28.3. The quantitative estimate of drug-likeness (QED) is 0.186. The molecule has 0 saturated carbocycles. The number of rotatable bonds is 14. The summed E-state index contributed by atoms with van der Waals surface area (Å²) < 4.78 is 7.63. The number of ether oxygens (including phenoxy) is 1. The highest BCUT2D eigenvalue weighted by atomic mass is 35.5. The zero-order valence-electron chi connectivity index (χ0n) is 23.3. The maximum Gasteiger partial charge on any atom is 0.321 e. The standard InChI is InChI=1S/C29H34ClN7O4/c1-4-5-10-25-32-27(30)24(15-18(2)41-26(38)16-23(31-3)29(39)40)37(25)17-19-11-13-20(14-12-19)21-8-6-7-9-22(21)28-33-35-36-34-28/h6-9,11-14,18,23,31H,4-5,10,15-17H2,1-3H3,(H,39,40)(H,33,34,35,36). The van der Waals surface area contributed by atoms with E-state index in [1.165, 1.54) is 7.05 Å². The highest BCUT2D eigenvalue weighted by Gasteiger charge is 2.24. The lowest BCUT2D eigenvalue weighted by Gasteiger charge is -2.18. The number of aromatic amines is 1. The number of imidazole rings is 1. The number of unbranched alkanes of at least 4 members (excludes halogenated alkanes) is 1. The third-order valence-electron chi connectivity index (χ3n) is 6.81. The Morgan fingerprint density at radius 3 is 2.51 bits per heavy atom. The number of hydrogen-bond donors (Lipinski definition) is 3. The van der Waals surface area contributed by atoms with Crippen molar-refractivity contribution in [3.05, 3.63) is 70.8 Å². The fourth-order valence-corrected chi connectivity index (χ4v) is 4.93. The highest BCUT2D eigenvalue weighted by molar-refractivity contribution is 6.30. The number of carboxylic acids is 1. The molecule has 0 saturated heterocycles. The summed E-state index contributed by atoms with van der Waals surface area (Å²) in [7, 11) is 1.49. The second-order valence-electron chi connectivity index (χ2n) is 9.82. The topological polar surface area (TPSA) is 148 Å². The number of likely N-dealkylation sites (N-methyl/N-ethyl adjacent to an activating group) is 1. The molecule has 0 bridgehead atoms. The van der Waals surface area contributed by atoms with Crippen LogP contribution in [0, 0.1) is 0 Å². The number of carboxylic acid groups (broad SMARTS) is 1. The van der Waals surface area contributed by atoms with Crippen LogP contribution in [0.3, 0.4) is 0 Å². The van der Waals surface area contributed by atoms with Gasteiger partial charge in [-0.2, -0.15) is 5.21 Å². The first kappa shape index (κ1) is 29.9. The Kier molecular flexibility index (Phi) is 10.2. The first-order valence-corrected chi connectivity index (χ1v) is 13.9. The first-order valence-electron chi connectivity index (χ1n) is 13.6. The molecule has 216 valence electrons. The van der Waals surface area contributed by atoms with Gasteiger partial charge in [-0.25, -0.2) is 4.98 Å². The molecule has 3 N–H and O–H groups in total. The van der Waals surface area contributed by atoms with Crippen LogP contribution >= 0.6 is 11.6 Å². The number of halogens is 1. The minimum absolute atomic E-state index is 0.271. The van der Waals surface area contributed by atoms with Crippen LogP contribution < -0.4 is 5.32 Å². The van der Waals surface area contributed by atoms with E-state index in [0.29, 0.717) is 23.9 Å². The molecule has 2 aromatic heterocycles. The van der Waals surface area contributed by atoms with Crippen LogP contribution in [0.25, 0.3) is 22.5 Å². The summed E-state index contributed by atoms with van der Waals surface area (Å²) in [5.41, 5.74) is 4.72. The van der Waals surface area contributed by atoms with E-state index in [9.17, 15) is 14.7 Å². The Labute approximate surface area is 243 Å². The van der Waals surface area contributed by atoms with E-state index in [-0.39, 0.29) is 6.42 Å². The fraction of sp³-hybridized carbons (Fsp3) is 0.379. The molecule has 41 heavy (non-hydrogen) atoms. The highest BCUT2D eigenvalue weighted by Crippen LogP contribution is 2.30. The summed E-state index contributed by atoms with van der Waals surface area (Å²) in [5, 5.41) is 26.6. The summed E-state index contributed by atoms with van der Waals surface area (Å²) in [5.74, 6) is -0.298. The van der Waals surface area contributed by atoms with Gasteiger partial charge in [0.1, 0.15) is 18.0 Å². The van der Waals surface area contributed by atoms with Crippen molar-refractivity contribution in [3.63, 3.8) is 0 Å². The van der Waals surface area contributed by atoms with E-state index >= 15 is 0 Å². The summed E-state index contributed by atoms with van der Waals surface area (Å²) in [6.45, 7) is 4.43. The molecule has 0 aliphatic rings. The molecule has 0 amide bonds. The molecule has 11 nitrogen and oxygen atoms in total. The fourth-order valence-electron chi connectivity index (χ4n) is 4.66. The monoisotopic (exact) mass is 579 g/mol. The van der Waals surface area contributed by atoms with E-state index in [2.05, 4.69) is 66.7 Å².